The van der Waals surface area contributed by atoms with E-state index in [4.69, 9.17) is 4.74 Å². The number of ether oxygens (including phenoxy) is 2. The summed E-state index contributed by atoms with van der Waals surface area (Å²) in [6, 6.07) is -0.450. The maximum absolute atomic E-state index is 11.4. The van der Waals surface area contributed by atoms with Gasteiger partial charge in [-0.1, -0.05) is 13.8 Å². The summed E-state index contributed by atoms with van der Waals surface area (Å²) in [5.74, 6) is -0.364. The zero-order valence-corrected chi connectivity index (χ0v) is 10.4. The average Bonchev–Trinajstić information content (AvgIpc) is 2.23. The molecular weight excluding hydrogens is 210 g/mol. The van der Waals surface area contributed by atoms with Gasteiger partial charge in [-0.25, -0.2) is 0 Å². The molecule has 94 valence electrons. The molecule has 5 heteroatoms. The van der Waals surface area contributed by atoms with Crippen LogP contribution in [-0.4, -0.2) is 38.2 Å². The zero-order chi connectivity index (χ0) is 12.6. The molecule has 1 atom stereocenters. The first-order chi connectivity index (χ1) is 7.51. The second-order valence-electron chi connectivity index (χ2n) is 3.89. The van der Waals surface area contributed by atoms with Crippen LogP contribution in [0.3, 0.4) is 0 Å². The molecule has 0 saturated carbocycles. The van der Waals surface area contributed by atoms with Gasteiger partial charge in [-0.2, -0.15) is 0 Å². The Morgan fingerprint density at radius 2 is 1.94 bits per heavy atom. The van der Waals surface area contributed by atoms with E-state index in [0.29, 0.717) is 18.9 Å². The molecule has 0 heterocycles. The molecule has 5 nitrogen and oxygen atoms in total. The van der Waals surface area contributed by atoms with Crippen LogP contribution in [0.25, 0.3) is 0 Å². The van der Waals surface area contributed by atoms with Gasteiger partial charge >= 0.3 is 11.9 Å². The largest absolute Gasteiger partial charge is 0.468 e. The second kappa shape index (κ2) is 8.10. The number of carbonyl (C=O) groups excluding carboxylic acids is 2. The van der Waals surface area contributed by atoms with E-state index in [1.165, 1.54) is 7.11 Å². The van der Waals surface area contributed by atoms with Crippen LogP contribution < -0.4 is 5.32 Å². The fourth-order valence-corrected chi connectivity index (χ4v) is 1.30. The molecule has 0 rings (SSSR count). The second-order valence-corrected chi connectivity index (χ2v) is 3.89. The van der Waals surface area contributed by atoms with Crippen molar-refractivity contribution in [2.45, 2.75) is 33.2 Å². The van der Waals surface area contributed by atoms with Gasteiger partial charge in [-0.15, -0.1) is 0 Å². The molecule has 0 aliphatic rings. The number of nitrogens with one attached hydrogen (secondary N) is 1. The van der Waals surface area contributed by atoms with Crippen LogP contribution in [-0.2, 0) is 19.1 Å². The molecule has 1 N–H and O–H groups in total. The first-order valence-corrected chi connectivity index (χ1v) is 5.48. The number of methoxy groups -OCH3 is 1. The standard InChI is InChI=1S/C11H21NO4/c1-5-16-10(13)7-12-9(6-8(2)3)11(14)15-4/h8-9,12H,5-7H2,1-4H3/t9-/m1/s1. The number of carbonyl (C=O) groups is 2. The summed E-state index contributed by atoms with van der Waals surface area (Å²) in [5, 5.41) is 2.84. The van der Waals surface area contributed by atoms with E-state index in [1.807, 2.05) is 13.8 Å². The first kappa shape index (κ1) is 14.9. The van der Waals surface area contributed by atoms with Crippen molar-refractivity contribution in [2.24, 2.45) is 5.92 Å². The number of hydrogen-bond acceptors (Lipinski definition) is 5. The molecule has 0 amide bonds. The fourth-order valence-electron chi connectivity index (χ4n) is 1.30. The molecule has 0 unspecified atom stereocenters. The molecule has 16 heavy (non-hydrogen) atoms. The van der Waals surface area contributed by atoms with E-state index in [1.54, 1.807) is 6.92 Å². The lowest BCUT2D eigenvalue weighted by molar-refractivity contribution is -0.145. The highest BCUT2D eigenvalue weighted by atomic mass is 16.5. The van der Waals surface area contributed by atoms with Crippen molar-refractivity contribution in [2.75, 3.05) is 20.3 Å². The average molecular weight is 231 g/mol. The molecule has 0 aliphatic carbocycles. The monoisotopic (exact) mass is 231 g/mol. The molecule has 0 aromatic heterocycles. The van der Waals surface area contributed by atoms with E-state index in [9.17, 15) is 9.59 Å². The molecule has 0 fully saturated rings. The van der Waals surface area contributed by atoms with Crippen molar-refractivity contribution >= 4 is 11.9 Å². The van der Waals surface area contributed by atoms with Crippen LogP contribution >= 0.6 is 0 Å². The summed E-state index contributed by atoms with van der Waals surface area (Å²) in [6.07, 6.45) is 0.631. The normalized spacial score (nSPS) is 12.3. The summed E-state index contributed by atoms with van der Waals surface area (Å²) < 4.78 is 9.41. The maximum atomic E-state index is 11.4. The molecule has 0 aliphatic heterocycles. The van der Waals surface area contributed by atoms with Crippen molar-refractivity contribution in [1.29, 1.82) is 0 Å². The summed E-state index contributed by atoms with van der Waals surface area (Å²) in [7, 11) is 1.34. The van der Waals surface area contributed by atoms with Gasteiger partial charge in [-0.05, 0) is 19.3 Å². The lowest BCUT2D eigenvalue weighted by Gasteiger charge is -2.17. The summed E-state index contributed by atoms with van der Waals surface area (Å²) in [6.45, 7) is 6.11. The van der Waals surface area contributed by atoms with Gasteiger partial charge in [0.2, 0.25) is 0 Å². The van der Waals surface area contributed by atoms with Gasteiger partial charge in [0, 0.05) is 0 Å². The fraction of sp³-hybridized carbons (Fsp3) is 0.818. The third-order valence-electron chi connectivity index (χ3n) is 1.99. The van der Waals surface area contributed by atoms with Crippen LogP contribution in [0.4, 0.5) is 0 Å². The predicted molar refractivity (Wildman–Crippen MR) is 59.9 cm³/mol. The minimum Gasteiger partial charge on any atom is -0.468 e. The Labute approximate surface area is 96.5 Å². The zero-order valence-electron chi connectivity index (χ0n) is 10.4. The molecule has 0 radical (unpaired) electrons. The van der Waals surface area contributed by atoms with E-state index in [-0.39, 0.29) is 18.5 Å². The highest BCUT2D eigenvalue weighted by molar-refractivity contribution is 5.77. The van der Waals surface area contributed by atoms with Gasteiger partial charge in [-0.3, -0.25) is 14.9 Å². The molecule has 0 aromatic rings. The van der Waals surface area contributed by atoms with Crippen molar-refractivity contribution in [1.82, 2.24) is 5.32 Å². The topological polar surface area (TPSA) is 64.6 Å². The molecule has 0 bridgehead atoms. The van der Waals surface area contributed by atoms with Crippen LogP contribution in [0, 0.1) is 5.92 Å². The Morgan fingerprint density at radius 3 is 2.38 bits per heavy atom. The Morgan fingerprint density at radius 1 is 1.31 bits per heavy atom. The minimum absolute atomic E-state index is 0.0281. The van der Waals surface area contributed by atoms with Gasteiger partial charge < -0.3 is 9.47 Å². The third-order valence-corrected chi connectivity index (χ3v) is 1.99. The quantitative estimate of drug-likeness (QED) is 0.654. The van der Waals surface area contributed by atoms with Gasteiger partial charge in [0.15, 0.2) is 0 Å². The van der Waals surface area contributed by atoms with E-state index >= 15 is 0 Å². The lowest BCUT2D eigenvalue weighted by atomic mass is 10.0. The van der Waals surface area contributed by atoms with Crippen LogP contribution in [0.15, 0.2) is 0 Å². The van der Waals surface area contributed by atoms with Gasteiger partial charge in [0.05, 0.1) is 20.3 Å². The van der Waals surface area contributed by atoms with E-state index in [2.05, 4.69) is 10.1 Å². The summed E-state index contributed by atoms with van der Waals surface area (Å²) in [4.78, 5) is 22.5. The van der Waals surface area contributed by atoms with Crippen molar-refractivity contribution in [3.63, 3.8) is 0 Å². The molecule has 0 saturated heterocycles. The summed E-state index contributed by atoms with van der Waals surface area (Å²) >= 11 is 0. The van der Waals surface area contributed by atoms with Crippen LogP contribution in [0.2, 0.25) is 0 Å². The summed E-state index contributed by atoms with van der Waals surface area (Å²) in [5.41, 5.74) is 0. The van der Waals surface area contributed by atoms with Crippen LogP contribution in [0.1, 0.15) is 27.2 Å². The lowest BCUT2D eigenvalue weighted by Crippen LogP contribution is -2.41. The van der Waals surface area contributed by atoms with E-state index in [0.717, 1.165) is 0 Å². The molecule has 0 aromatic carbocycles. The highest BCUT2D eigenvalue weighted by Crippen LogP contribution is 2.05. The Hall–Kier alpha value is -1.10. The Bertz CT molecular complexity index is 228. The Balaban J connectivity index is 4.11. The number of esters is 2. The third kappa shape index (κ3) is 6.40. The Kier molecular flexibility index (Phi) is 7.54. The molecule has 0 spiro atoms. The number of rotatable bonds is 7. The van der Waals surface area contributed by atoms with Crippen LogP contribution in [0.5, 0.6) is 0 Å². The van der Waals surface area contributed by atoms with Crippen molar-refractivity contribution < 1.29 is 19.1 Å². The highest BCUT2D eigenvalue weighted by Gasteiger charge is 2.20. The van der Waals surface area contributed by atoms with Crippen molar-refractivity contribution in [3.05, 3.63) is 0 Å². The SMILES string of the molecule is CCOC(=O)CN[C@H](CC(C)C)C(=O)OC. The van der Waals surface area contributed by atoms with Gasteiger partial charge in [0.25, 0.3) is 0 Å². The van der Waals surface area contributed by atoms with Gasteiger partial charge in [0.1, 0.15) is 6.04 Å². The maximum Gasteiger partial charge on any atom is 0.322 e. The minimum atomic E-state index is -0.450. The van der Waals surface area contributed by atoms with E-state index < -0.39 is 6.04 Å². The van der Waals surface area contributed by atoms with Crippen molar-refractivity contribution in [3.8, 4) is 0 Å². The smallest absolute Gasteiger partial charge is 0.322 e. The molecular formula is C11H21NO4. The predicted octanol–water partition coefficient (Wildman–Crippen LogP) is 0.727. The number of hydrogen-bond donors (Lipinski definition) is 1. The first-order valence-electron chi connectivity index (χ1n) is 5.48.